The van der Waals surface area contributed by atoms with Crippen molar-refractivity contribution in [1.29, 1.82) is 0 Å². The van der Waals surface area contributed by atoms with Gasteiger partial charge >= 0.3 is 6.18 Å². The van der Waals surface area contributed by atoms with Crippen molar-refractivity contribution in [1.82, 2.24) is 0 Å². The molecule has 0 unspecified atom stereocenters. The smallest absolute Gasteiger partial charge is 0.241 e. The molecule has 0 radical (unpaired) electrons. The van der Waals surface area contributed by atoms with Gasteiger partial charge in [0.05, 0.1) is 0 Å². The summed E-state index contributed by atoms with van der Waals surface area (Å²) in [5, 5.41) is 0. The quantitative estimate of drug-likeness (QED) is 0.375. The van der Waals surface area contributed by atoms with Crippen LogP contribution in [-0.4, -0.2) is 18.7 Å². The third-order valence-corrected chi connectivity index (χ3v) is 0.808. The van der Waals surface area contributed by atoms with Crippen molar-refractivity contribution in [2.45, 2.75) is 6.18 Å². The molecule has 0 rings (SSSR count). The van der Waals surface area contributed by atoms with Gasteiger partial charge in [-0.25, -0.2) is 9.98 Å². The van der Waals surface area contributed by atoms with Gasteiger partial charge in [-0.1, -0.05) is 6.58 Å². The van der Waals surface area contributed by atoms with Crippen LogP contribution >= 0.6 is 15.9 Å². The Morgan fingerprint density at radius 1 is 1.36 bits per heavy atom. The summed E-state index contributed by atoms with van der Waals surface area (Å²) < 4.78 is 35.1. The van der Waals surface area contributed by atoms with E-state index in [4.69, 9.17) is 0 Å². The monoisotopic (exact) mass is 228 g/mol. The standard InChI is InChI=1S/C5H4BrF3N2/c1-3(6)11-4(10-2)5(7,8)9/h1-2H2/b11-4-. The summed E-state index contributed by atoms with van der Waals surface area (Å²) in [4.78, 5) is 5.64. The van der Waals surface area contributed by atoms with Crippen LogP contribution in [0.15, 0.2) is 21.2 Å². The first-order chi connectivity index (χ1) is 4.88. The van der Waals surface area contributed by atoms with Crippen molar-refractivity contribution in [2.24, 2.45) is 9.98 Å². The van der Waals surface area contributed by atoms with E-state index in [0.29, 0.717) is 0 Å². The van der Waals surface area contributed by atoms with E-state index in [1.807, 2.05) is 0 Å². The minimum absolute atomic E-state index is 0.141. The van der Waals surface area contributed by atoms with Crippen LogP contribution in [0.4, 0.5) is 13.2 Å². The van der Waals surface area contributed by atoms with Gasteiger partial charge in [0.1, 0.15) is 4.61 Å². The molecule has 0 atom stereocenters. The number of amidine groups is 1. The van der Waals surface area contributed by atoms with E-state index in [1.54, 1.807) is 0 Å². The zero-order chi connectivity index (χ0) is 9.07. The Bertz CT molecular complexity index is 206. The molecule has 0 heterocycles. The normalized spacial score (nSPS) is 12.9. The summed E-state index contributed by atoms with van der Waals surface area (Å²) in [7, 11) is 0. The van der Waals surface area contributed by atoms with Crippen molar-refractivity contribution < 1.29 is 13.2 Å². The maximum absolute atomic E-state index is 11.8. The van der Waals surface area contributed by atoms with E-state index < -0.39 is 12.0 Å². The zero-order valence-electron chi connectivity index (χ0n) is 5.32. The molecular weight excluding hydrogens is 225 g/mol. The molecule has 0 aromatic rings. The molecule has 0 saturated heterocycles. The molecule has 0 saturated carbocycles. The van der Waals surface area contributed by atoms with E-state index in [1.165, 1.54) is 0 Å². The first-order valence-corrected chi connectivity index (χ1v) is 3.14. The minimum atomic E-state index is -4.57. The minimum Gasteiger partial charge on any atom is -0.241 e. The lowest BCUT2D eigenvalue weighted by atomic mass is 10.6. The van der Waals surface area contributed by atoms with Crippen molar-refractivity contribution >= 4 is 28.5 Å². The number of aliphatic imine (C=N–C) groups is 2. The highest BCUT2D eigenvalue weighted by Gasteiger charge is 2.35. The van der Waals surface area contributed by atoms with Gasteiger partial charge in [-0.15, -0.1) is 0 Å². The highest BCUT2D eigenvalue weighted by atomic mass is 79.9. The summed E-state index contributed by atoms with van der Waals surface area (Å²) in [5.74, 6) is -1.31. The second-order valence-electron chi connectivity index (χ2n) is 1.47. The molecule has 0 amide bonds. The molecule has 62 valence electrons. The molecular formula is C5H4BrF3N2. The Labute approximate surface area is 69.7 Å². The van der Waals surface area contributed by atoms with Crippen LogP contribution in [-0.2, 0) is 0 Å². The molecule has 0 aromatic heterocycles. The van der Waals surface area contributed by atoms with E-state index in [0.717, 1.165) is 0 Å². The fourth-order valence-electron chi connectivity index (χ4n) is 0.303. The molecule has 0 N–H and O–H groups in total. The summed E-state index contributed by atoms with van der Waals surface area (Å²) in [5.41, 5.74) is 0. The molecule has 0 fully saturated rings. The van der Waals surface area contributed by atoms with Crippen LogP contribution in [0.25, 0.3) is 0 Å². The van der Waals surface area contributed by atoms with Gasteiger partial charge in [0.15, 0.2) is 0 Å². The second-order valence-corrected chi connectivity index (χ2v) is 2.38. The molecule has 0 aliphatic heterocycles. The summed E-state index contributed by atoms with van der Waals surface area (Å²) in [6.45, 7) is 5.82. The predicted molar refractivity (Wildman–Crippen MR) is 41.1 cm³/mol. The van der Waals surface area contributed by atoms with E-state index in [9.17, 15) is 13.2 Å². The number of rotatable bonds is 1. The first-order valence-electron chi connectivity index (χ1n) is 2.35. The van der Waals surface area contributed by atoms with Gasteiger partial charge in [0.25, 0.3) is 0 Å². The average molecular weight is 229 g/mol. The van der Waals surface area contributed by atoms with Crippen LogP contribution < -0.4 is 0 Å². The van der Waals surface area contributed by atoms with Crippen molar-refractivity contribution in [3.8, 4) is 0 Å². The maximum atomic E-state index is 11.8. The molecule has 6 heteroatoms. The van der Waals surface area contributed by atoms with Crippen molar-refractivity contribution in [3.63, 3.8) is 0 Å². The van der Waals surface area contributed by atoms with Gasteiger partial charge in [0, 0.05) is 0 Å². The van der Waals surface area contributed by atoms with E-state index >= 15 is 0 Å². The molecule has 0 bridgehead atoms. The number of nitrogens with zero attached hydrogens (tertiary/aromatic N) is 2. The summed E-state index contributed by atoms with van der Waals surface area (Å²) >= 11 is 2.64. The van der Waals surface area contributed by atoms with Gasteiger partial charge in [0.2, 0.25) is 5.84 Å². The Hall–Kier alpha value is -0.650. The lowest BCUT2D eigenvalue weighted by molar-refractivity contribution is -0.0596. The highest BCUT2D eigenvalue weighted by molar-refractivity contribution is 9.11. The molecule has 0 spiro atoms. The van der Waals surface area contributed by atoms with Crippen molar-refractivity contribution in [3.05, 3.63) is 11.2 Å². The van der Waals surface area contributed by atoms with Crippen LogP contribution in [0.3, 0.4) is 0 Å². The van der Waals surface area contributed by atoms with Gasteiger partial charge < -0.3 is 0 Å². The maximum Gasteiger partial charge on any atom is 0.451 e. The van der Waals surface area contributed by atoms with Crippen LogP contribution in [0, 0.1) is 0 Å². The highest BCUT2D eigenvalue weighted by Crippen LogP contribution is 2.19. The van der Waals surface area contributed by atoms with E-state index in [2.05, 4.69) is 39.2 Å². The first kappa shape index (κ1) is 10.3. The Morgan fingerprint density at radius 2 is 1.82 bits per heavy atom. The molecule has 0 aromatic carbocycles. The third kappa shape index (κ3) is 3.92. The topological polar surface area (TPSA) is 24.7 Å². The van der Waals surface area contributed by atoms with Gasteiger partial charge in [-0.3, -0.25) is 0 Å². The summed E-state index contributed by atoms with van der Waals surface area (Å²) in [6.07, 6.45) is -4.57. The number of hydrogen-bond acceptors (Lipinski definition) is 1. The van der Waals surface area contributed by atoms with Crippen LogP contribution in [0.2, 0.25) is 0 Å². The van der Waals surface area contributed by atoms with E-state index in [-0.39, 0.29) is 4.61 Å². The summed E-state index contributed by atoms with van der Waals surface area (Å²) in [6, 6.07) is 0. The Balaban J connectivity index is 4.68. The predicted octanol–water partition coefficient (Wildman–Crippen LogP) is 2.51. The molecule has 0 aliphatic carbocycles. The average Bonchev–Trinajstić information content (AvgIpc) is 1.79. The van der Waals surface area contributed by atoms with Crippen LogP contribution in [0.1, 0.15) is 0 Å². The molecule has 0 aliphatic rings. The second kappa shape index (κ2) is 3.66. The molecule has 2 nitrogen and oxygen atoms in total. The third-order valence-electron chi connectivity index (χ3n) is 0.631. The van der Waals surface area contributed by atoms with Gasteiger partial charge in [-0.05, 0) is 22.6 Å². The van der Waals surface area contributed by atoms with Crippen LogP contribution in [0.5, 0.6) is 0 Å². The Morgan fingerprint density at radius 3 is 1.91 bits per heavy atom. The zero-order valence-corrected chi connectivity index (χ0v) is 6.91. The number of hydrogen-bond donors (Lipinski definition) is 0. The number of halogens is 4. The Kier molecular flexibility index (Phi) is 3.44. The number of alkyl halides is 3. The van der Waals surface area contributed by atoms with Crippen molar-refractivity contribution in [2.75, 3.05) is 0 Å². The fourth-order valence-corrected chi connectivity index (χ4v) is 0.471. The van der Waals surface area contributed by atoms with Gasteiger partial charge in [-0.2, -0.15) is 13.2 Å². The lowest BCUT2D eigenvalue weighted by Crippen LogP contribution is -2.20. The SMILES string of the molecule is C=N/C(=N\C(=C)Br)C(F)(F)F. The lowest BCUT2D eigenvalue weighted by Gasteiger charge is -2.03. The fraction of sp³-hybridized carbons (Fsp3) is 0.200. The molecule has 11 heavy (non-hydrogen) atoms. The largest absolute Gasteiger partial charge is 0.451 e.